The first-order valence-electron chi connectivity index (χ1n) is 4.94. The average Bonchev–Trinajstić information content (AvgIpc) is 2.67. The van der Waals surface area contributed by atoms with Crippen LogP contribution in [0.5, 0.6) is 0 Å². The van der Waals surface area contributed by atoms with Gasteiger partial charge in [0.1, 0.15) is 12.2 Å². The van der Waals surface area contributed by atoms with Crippen LogP contribution in [0.2, 0.25) is 0 Å². The number of rotatable bonds is 3. The molecule has 1 saturated heterocycles. The van der Waals surface area contributed by atoms with Crippen LogP contribution in [-0.4, -0.2) is 27.5 Å². The van der Waals surface area contributed by atoms with Crippen molar-refractivity contribution in [3.63, 3.8) is 0 Å². The van der Waals surface area contributed by atoms with Gasteiger partial charge >= 0.3 is 0 Å². The van der Waals surface area contributed by atoms with E-state index in [1.54, 1.807) is 6.33 Å². The largest absolute Gasteiger partial charge is 0.376 e. The van der Waals surface area contributed by atoms with Crippen LogP contribution in [0.3, 0.4) is 0 Å². The molecule has 1 atom stereocenters. The van der Waals surface area contributed by atoms with Gasteiger partial charge in [0.05, 0.1) is 18.5 Å². The molecule has 1 aliphatic rings. The van der Waals surface area contributed by atoms with E-state index >= 15 is 0 Å². The smallest absolute Gasteiger partial charge is 0.141 e. The Morgan fingerprint density at radius 3 is 3.21 bits per heavy atom. The Labute approximate surface area is 88.2 Å². The van der Waals surface area contributed by atoms with Crippen molar-refractivity contribution in [3.8, 4) is 0 Å². The Morgan fingerprint density at radius 2 is 2.50 bits per heavy atom. The molecular weight excluding hydrogens is 202 g/mol. The Bertz CT molecular complexity index is 283. The van der Waals surface area contributed by atoms with Crippen molar-refractivity contribution in [2.75, 3.05) is 6.61 Å². The molecule has 0 radical (unpaired) electrons. The number of alkyl halides is 1. The van der Waals surface area contributed by atoms with Gasteiger partial charge in [-0.15, -0.1) is 11.6 Å². The standard InChI is InChI=1S/C9H14ClN3O/c10-5-9-11-7-12-13(9)6-8-3-1-2-4-14-8/h7-8H,1-6H2. The number of halogens is 1. The molecule has 78 valence electrons. The summed E-state index contributed by atoms with van der Waals surface area (Å²) in [5.41, 5.74) is 0. The Morgan fingerprint density at radius 1 is 1.57 bits per heavy atom. The van der Waals surface area contributed by atoms with Crippen molar-refractivity contribution in [3.05, 3.63) is 12.2 Å². The topological polar surface area (TPSA) is 39.9 Å². The SMILES string of the molecule is ClCc1ncnn1CC1CCCCO1. The van der Waals surface area contributed by atoms with Crippen LogP contribution in [0.15, 0.2) is 6.33 Å². The highest BCUT2D eigenvalue weighted by Crippen LogP contribution is 2.14. The van der Waals surface area contributed by atoms with Crippen LogP contribution in [-0.2, 0) is 17.2 Å². The number of nitrogens with zero attached hydrogens (tertiary/aromatic N) is 3. The van der Waals surface area contributed by atoms with Crippen molar-refractivity contribution in [1.29, 1.82) is 0 Å². The van der Waals surface area contributed by atoms with Crippen LogP contribution < -0.4 is 0 Å². The van der Waals surface area contributed by atoms with Crippen LogP contribution in [0.4, 0.5) is 0 Å². The molecule has 0 spiro atoms. The normalized spacial score (nSPS) is 22.5. The summed E-state index contributed by atoms with van der Waals surface area (Å²) in [5, 5.41) is 4.12. The minimum absolute atomic E-state index is 0.285. The maximum Gasteiger partial charge on any atom is 0.141 e. The highest BCUT2D eigenvalue weighted by atomic mass is 35.5. The molecular formula is C9H14ClN3O. The monoisotopic (exact) mass is 215 g/mol. The van der Waals surface area contributed by atoms with Gasteiger partial charge in [-0.2, -0.15) is 5.10 Å². The van der Waals surface area contributed by atoms with Crippen LogP contribution >= 0.6 is 11.6 Å². The minimum atomic E-state index is 0.285. The maximum absolute atomic E-state index is 5.73. The van der Waals surface area contributed by atoms with E-state index in [1.165, 1.54) is 12.8 Å². The van der Waals surface area contributed by atoms with E-state index in [9.17, 15) is 0 Å². The van der Waals surface area contributed by atoms with E-state index in [0.717, 1.165) is 25.4 Å². The fourth-order valence-corrected chi connectivity index (χ4v) is 1.90. The molecule has 1 aliphatic heterocycles. The molecule has 1 fully saturated rings. The highest BCUT2D eigenvalue weighted by Gasteiger charge is 2.16. The molecule has 1 aromatic rings. The van der Waals surface area contributed by atoms with E-state index in [1.807, 2.05) is 4.68 Å². The minimum Gasteiger partial charge on any atom is -0.376 e. The number of aromatic nitrogens is 3. The van der Waals surface area contributed by atoms with Gasteiger partial charge in [0, 0.05) is 6.61 Å². The average molecular weight is 216 g/mol. The lowest BCUT2D eigenvalue weighted by Crippen LogP contribution is -2.25. The summed E-state index contributed by atoms with van der Waals surface area (Å²) in [7, 11) is 0. The van der Waals surface area contributed by atoms with Gasteiger partial charge in [-0.05, 0) is 19.3 Å². The summed E-state index contributed by atoms with van der Waals surface area (Å²) in [6.07, 6.45) is 5.36. The summed E-state index contributed by atoms with van der Waals surface area (Å²) in [6.45, 7) is 1.65. The summed E-state index contributed by atoms with van der Waals surface area (Å²) in [4.78, 5) is 4.06. The molecule has 0 amide bonds. The molecule has 0 aliphatic carbocycles. The Hall–Kier alpha value is -0.610. The quantitative estimate of drug-likeness (QED) is 0.719. The summed E-state index contributed by atoms with van der Waals surface area (Å²) in [5.74, 6) is 1.23. The van der Waals surface area contributed by atoms with Crippen LogP contribution in [0.1, 0.15) is 25.1 Å². The van der Waals surface area contributed by atoms with Gasteiger partial charge in [0.2, 0.25) is 0 Å². The van der Waals surface area contributed by atoms with Gasteiger partial charge < -0.3 is 4.74 Å². The summed E-state index contributed by atoms with van der Waals surface area (Å²) >= 11 is 5.73. The number of hydrogen-bond acceptors (Lipinski definition) is 3. The molecule has 5 heteroatoms. The van der Waals surface area contributed by atoms with E-state index in [2.05, 4.69) is 10.1 Å². The lowest BCUT2D eigenvalue weighted by Gasteiger charge is -2.22. The van der Waals surface area contributed by atoms with Crippen molar-refractivity contribution < 1.29 is 4.74 Å². The lowest BCUT2D eigenvalue weighted by atomic mass is 10.1. The van der Waals surface area contributed by atoms with Crippen molar-refractivity contribution in [1.82, 2.24) is 14.8 Å². The van der Waals surface area contributed by atoms with Gasteiger partial charge in [-0.25, -0.2) is 9.67 Å². The predicted octanol–water partition coefficient (Wildman–Crippen LogP) is 1.59. The van der Waals surface area contributed by atoms with Crippen molar-refractivity contribution in [2.24, 2.45) is 0 Å². The summed E-state index contributed by atoms with van der Waals surface area (Å²) in [6, 6.07) is 0. The van der Waals surface area contributed by atoms with Crippen LogP contribution in [0.25, 0.3) is 0 Å². The van der Waals surface area contributed by atoms with E-state index in [4.69, 9.17) is 16.3 Å². The predicted molar refractivity (Wildman–Crippen MR) is 53.2 cm³/mol. The third kappa shape index (κ3) is 2.25. The molecule has 1 unspecified atom stereocenters. The molecule has 4 nitrogen and oxygen atoms in total. The zero-order chi connectivity index (χ0) is 9.80. The third-order valence-corrected chi connectivity index (χ3v) is 2.70. The van der Waals surface area contributed by atoms with E-state index in [0.29, 0.717) is 5.88 Å². The second-order valence-electron chi connectivity index (χ2n) is 3.48. The molecule has 0 bridgehead atoms. The van der Waals surface area contributed by atoms with Crippen LogP contribution in [0, 0.1) is 0 Å². The first-order chi connectivity index (χ1) is 6.90. The first kappa shape index (κ1) is 9.93. The third-order valence-electron chi connectivity index (χ3n) is 2.47. The van der Waals surface area contributed by atoms with Gasteiger partial charge in [0.25, 0.3) is 0 Å². The van der Waals surface area contributed by atoms with E-state index < -0.39 is 0 Å². The van der Waals surface area contributed by atoms with Crippen molar-refractivity contribution >= 4 is 11.6 Å². The molecule has 2 heterocycles. The number of ether oxygens (including phenoxy) is 1. The maximum atomic E-state index is 5.73. The molecule has 2 rings (SSSR count). The second-order valence-corrected chi connectivity index (χ2v) is 3.75. The second kappa shape index (κ2) is 4.75. The van der Waals surface area contributed by atoms with Crippen molar-refractivity contribution in [2.45, 2.75) is 37.8 Å². The Balaban J connectivity index is 1.95. The Kier molecular flexibility index (Phi) is 3.37. The fraction of sp³-hybridized carbons (Fsp3) is 0.778. The highest BCUT2D eigenvalue weighted by molar-refractivity contribution is 6.16. The molecule has 0 aromatic carbocycles. The molecule has 14 heavy (non-hydrogen) atoms. The zero-order valence-corrected chi connectivity index (χ0v) is 8.78. The fourth-order valence-electron chi connectivity index (χ4n) is 1.69. The summed E-state index contributed by atoms with van der Waals surface area (Å²) < 4.78 is 7.46. The molecule has 1 aromatic heterocycles. The van der Waals surface area contributed by atoms with Gasteiger partial charge in [0.15, 0.2) is 0 Å². The zero-order valence-electron chi connectivity index (χ0n) is 8.03. The van der Waals surface area contributed by atoms with E-state index in [-0.39, 0.29) is 6.10 Å². The first-order valence-corrected chi connectivity index (χ1v) is 5.48. The van der Waals surface area contributed by atoms with Gasteiger partial charge in [-0.1, -0.05) is 0 Å². The van der Waals surface area contributed by atoms with Gasteiger partial charge in [-0.3, -0.25) is 0 Å². The number of hydrogen-bond donors (Lipinski definition) is 0. The molecule has 0 N–H and O–H groups in total. The lowest BCUT2D eigenvalue weighted by molar-refractivity contribution is 0.00353. The molecule has 0 saturated carbocycles.